The number of para-hydroxylation sites is 2. The quantitative estimate of drug-likeness (QED) is 0.832. The summed E-state index contributed by atoms with van der Waals surface area (Å²) in [6.07, 6.45) is -0.0480. The molecular formula is C20H24N2O2S. The normalized spacial score (nSPS) is 15.6. The van der Waals surface area contributed by atoms with Gasteiger partial charge in [-0.1, -0.05) is 24.3 Å². The summed E-state index contributed by atoms with van der Waals surface area (Å²) in [5.41, 5.74) is 3.51. The van der Waals surface area contributed by atoms with Crippen molar-refractivity contribution >= 4 is 23.0 Å². The molecule has 132 valence electrons. The van der Waals surface area contributed by atoms with Crippen LogP contribution in [0.4, 0.5) is 5.69 Å². The first-order chi connectivity index (χ1) is 12.1. The first-order valence-electron chi connectivity index (χ1n) is 8.59. The summed E-state index contributed by atoms with van der Waals surface area (Å²) >= 11 is 5.62. The first-order valence-corrected chi connectivity index (χ1v) is 9.00. The number of anilines is 1. The molecule has 1 atom stereocenters. The maximum absolute atomic E-state index is 6.05. The molecule has 0 aliphatic carbocycles. The Morgan fingerprint density at radius 2 is 1.92 bits per heavy atom. The molecule has 0 fully saturated rings. The van der Waals surface area contributed by atoms with E-state index in [0.29, 0.717) is 18.3 Å². The van der Waals surface area contributed by atoms with Gasteiger partial charge in [-0.3, -0.25) is 0 Å². The van der Waals surface area contributed by atoms with E-state index in [1.807, 2.05) is 30.3 Å². The van der Waals surface area contributed by atoms with Gasteiger partial charge < -0.3 is 19.7 Å². The van der Waals surface area contributed by atoms with E-state index in [0.717, 1.165) is 23.7 Å². The molecule has 5 heteroatoms. The number of thiocarbonyl (C=S) groups is 1. The maximum Gasteiger partial charge on any atom is 0.173 e. The van der Waals surface area contributed by atoms with Gasteiger partial charge in [-0.15, -0.1) is 0 Å². The zero-order valence-corrected chi connectivity index (χ0v) is 15.7. The lowest BCUT2D eigenvalue weighted by atomic mass is 10.1. The second kappa shape index (κ2) is 7.74. The van der Waals surface area contributed by atoms with Crippen molar-refractivity contribution in [1.82, 2.24) is 4.90 Å². The molecular weight excluding hydrogens is 332 g/mol. The van der Waals surface area contributed by atoms with Crippen LogP contribution in [-0.2, 0) is 0 Å². The van der Waals surface area contributed by atoms with Crippen LogP contribution in [-0.4, -0.2) is 35.8 Å². The summed E-state index contributed by atoms with van der Waals surface area (Å²) in [5.74, 6) is 1.60. The van der Waals surface area contributed by atoms with E-state index in [-0.39, 0.29) is 6.10 Å². The number of benzene rings is 2. The lowest BCUT2D eigenvalue weighted by Crippen LogP contribution is -2.45. The molecule has 0 unspecified atom stereocenters. The molecule has 2 aromatic carbocycles. The van der Waals surface area contributed by atoms with Gasteiger partial charge in [-0.25, -0.2) is 0 Å². The lowest BCUT2D eigenvalue weighted by molar-refractivity contribution is 0.0754. The van der Waals surface area contributed by atoms with Crippen molar-refractivity contribution < 1.29 is 9.47 Å². The van der Waals surface area contributed by atoms with Crippen molar-refractivity contribution in [2.75, 3.05) is 25.0 Å². The predicted molar refractivity (Wildman–Crippen MR) is 106 cm³/mol. The molecule has 0 radical (unpaired) electrons. The Morgan fingerprint density at radius 1 is 1.16 bits per heavy atom. The minimum Gasteiger partial charge on any atom is -0.486 e. The summed E-state index contributed by atoms with van der Waals surface area (Å²) in [5, 5.41) is 4.08. The van der Waals surface area contributed by atoms with E-state index in [1.54, 1.807) is 0 Å². The molecule has 3 rings (SSSR count). The SMILES string of the molecule is CCN(C[C@H]1COc2ccccc2O1)C(=S)Nc1cccc(C)c1C. The summed E-state index contributed by atoms with van der Waals surface area (Å²) in [6.45, 7) is 8.31. The summed E-state index contributed by atoms with van der Waals surface area (Å²) in [4.78, 5) is 2.11. The molecule has 1 aliphatic heterocycles. The van der Waals surface area contributed by atoms with Crippen LogP contribution in [0.2, 0.25) is 0 Å². The van der Waals surface area contributed by atoms with E-state index in [4.69, 9.17) is 21.7 Å². The van der Waals surface area contributed by atoms with Crippen LogP contribution in [0.1, 0.15) is 18.1 Å². The number of hydrogen-bond acceptors (Lipinski definition) is 3. The third kappa shape index (κ3) is 4.04. The molecule has 0 bridgehead atoms. The Kier molecular flexibility index (Phi) is 5.43. The smallest absolute Gasteiger partial charge is 0.173 e. The third-order valence-electron chi connectivity index (χ3n) is 4.51. The molecule has 4 nitrogen and oxygen atoms in total. The average Bonchev–Trinajstić information content (AvgIpc) is 2.63. The van der Waals surface area contributed by atoms with Gasteiger partial charge in [0.15, 0.2) is 22.7 Å². The minimum atomic E-state index is -0.0480. The fourth-order valence-electron chi connectivity index (χ4n) is 2.84. The zero-order valence-electron chi connectivity index (χ0n) is 14.9. The zero-order chi connectivity index (χ0) is 17.8. The first kappa shape index (κ1) is 17.5. The van der Waals surface area contributed by atoms with E-state index in [1.165, 1.54) is 11.1 Å². The van der Waals surface area contributed by atoms with Crippen LogP contribution >= 0.6 is 12.2 Å². The van der Waals surface area contributed by atoms with Crippen LogP contribution in [0.5, 0.6) is 11.5 Å². The molecule has 1 heterocycles. The third-order valence-corrected chi connectivity index (χ3v) is 4.87. The van der Waals surface area contributed by atoms with Crippen molar-refractivity contribution in [3.8, 4) is 11.5 Å². The molecule has 1 N–H and O–H groups in total. The van der Waals surface area contributed by atoms with Crippen molar-refractivity contribution in [2.24, 2.45) is 0 Å². The standard InChI is InChI=1S/C20H24N2O2S/c1-4-22(20(25)21-17-9-7-8-14(2)15(17)3)12-16-13-23-18-10-5-6-11-19(18)24-16/h5-11,16H,4,12-13H2,1-3H3,(H,21,25)/t16-/m0/s1. The second-order valence-corrected chi connectivity index (χ2v) is 6.60. The summed E-state index contributed by atoms with van der Waals surface area (Å²) in [7, 11) is 0. The fraction of sp³-hybridized carbons (Fsp3) is 0.350. The Morgan fingerprint density at radius 3 is 2.68 bits per heavy atom. The Labute approximate surface area is 154 Å². The summed E-state index contributed by atoms with van der Waals surface area (Å²) < 4.78 is 11.9. The van der Waals surface area contributed by atoms with Gasteiger partial charge in [-0.05, 0) is 62.3 Å². The Hall–Kier alpha value is -2.27. The molecule has 0 saturated heterocycles. The van der Waals surface area contributed by atoms with E-state index >= 15 is 0 Å². The number of rotatable bonds is 4. The Bertz CT molecular complexity index is 763. The van der Waals surface area contributed by atoms with Gasteiger partial charge in [0, 0.05) is 12.2 Å². The molecule has 0 saturated carbocycles. The van der Waals surface area contributed by atoms with Crippen LogP contribution in [0.3, 0.4) is 0 Å². The van der Waals surface area contributed by atoms with Gasteiger partial charge in [0.25, 0.3) is 0 Å². The number of nitrogens with zero attached hydrogens (tertiary/aromatic N) is 1. The van der Waals surface area contributed by atoms with Crippen molar-refractivity contribution in [3.05, 3.63) is 53.6 Å². The molecule has 1 aliphatic rings. The van der Waals surface area contributed by atoms with Crippen LogP contribution in [0.25, 0.3) is 0 Å². The van der Waals surface area contributed by atoms with E-state index < -0.39 is 0 Å². The van der Waals surface area contributed by atoms with Gasteiger partial charge in [0.05, 0.1) is 6.54 Å². The molecule has 25 heavy (non-hydrogen) atoms. The van der Waals surface area contributed by atoms with Gasteiger partial charge in [0.1, 0.15) is 6.61 Å². The molecule has 0 aromatic heterocycles. The highest BCUT2D eigenvalue weighted by Crippen LogP contribution is 2.31. The van der Waals surface area contributed by atoms with Crippen LogP contribution in [0, 0.1) is 13.8 Å². The van der Waals surface area contributed by atoms with Gasteiger partial charge >= 0.3 is 0 Å². The number of aryl methyl sites for hydroxylation is 1. The van der Waals surface area contributed by atoms with E-state index in [9.17, 15) is 0 Å². The van der Waals surface area contributed by atoms with E-state index in [2.05, 4.69) is 43.1 Å². The topological polar surface area (TPSA) is 33.7 Å². The highest BCUT2D eigenvalue weighted by molar-refractivity contribution is 7.80. The fourth-order valence-corrected chi connectivity index (χ4v) is 3.15. The lowest BCUT2D eigenvalue weighted by Gasteiger charge is -2.32. The number of nitrogens with one attached hydrogen (secondary N) is 1. The predicted octanol–water partition coefficient (Wildman–Crippen LogP) is 4.16. The van der Waals surface area contributed by atoms with Crippen LogP contribution < -0.4 is 14.8 Å². The van der Waals surface area contributed by atoms with Crippen molar-refractivity contribution in [2.45, 2.75) is 26.9 Å². The van der Waals surface area contributed by atoms with Gasteiger partial charge in [-0.2, -0.15) is 0 Å². The largest absolute Gasteiger partial charge is 0.486 e. The number of fused-ring (bicyclic) bond motifs is 1. The molecule has 0 amide bonds. The number of ether oxygens (including phenoxy) is 2. The highest BCUT2D eigenvalue weighted by atomic mass is 32.1. The molecule has 2 aromatic rings. The molecule has 0 spiro atoms. The minimum absolute atomic E-state index is 0.0480. The number of likely N-dealkylation sites (N-methyl/N-ethyl adjacent to an activating group) is 1. The van der Waals surface area contributed by atoms with Crippen LogP contribution in [0.15, 0.2) is 42.5 Å². The van der Waals surface area contributed by atoms with Crippen molar-refractivity contribution in [3.63, 3.8) is 0 Å². The average molecular weight is 356 g/mol. The summed E-state index contributed by atoms with van der Waals surface area (Å²) in [6, 6.07) is 14.0. The van der Waals surface area contributed by atoms with Crippen molar-refractivity contribution in [1.29, 1.82) is 0 Å². The monoisotopic (exact) mass is 356 g/mol. The Balaban J connectivity index is 1.64. The highest BCUT2D eigenvalue weighted by Gasteiger charge is 2.23. The number of hydrogen-bond donors (Lipinski definition) is 1. The maximum atomic E-state index is 6.05. The van der Waals surface area contributed by atoms with Gasteiger partial charge in [0.2, 0.25) is 0 Å². The second-order valence-electron chi connectivity index (χ2n) is 6.21.